The molecule has 0 aromatic heterocycles. The van der Waals surface area contributed by atoms with Gasteiger partial charge in [0, 0.05) is 0 Å². The Morgan fingerprint density at radius 2 is 2.21 bits per heavy atom. The normalized spacial score (nSPS) is 36.0. The summed E-state index contributed by atoms with van der Waals surface area (Å²) in [6.45, 7) is 8.36. The van der Waals surface area contributed by atoms with Crippen molar-refractivity contribution in [1.82, 2.24) is 0 Å². The third-order valence-corrected chi connectivity index (χ3v) is 9.57. The minimum absolute atomic E-state index is 0.316. The highest BCUT2D eigenvalue weighted by Crippen LogP contribution is 2.46. The van der Waals surface area contributed by atoms with Crippen LogP contribution in [0.5, 0.6) is 0 Å². The summed E-state index contributed by atoms with van der Waals surface area (Å²) in [6.07, 6.45) is 7.66. The van der Waals surface area contributed by atoms with Gasteiger partial charge in [-0.3, -0.25) is 0 Å². The second-order valence-corrected chi connectivity index (χ2v) is 11.3. The smallest absolute Gasteiger partial charge is 0.197 e. The van der Waals surface area contributed by atoms with Crippen LogP contribution in [0.15, 0.2) is 24.4 Å². The SMILES string of the molecule is C=C[Si](C)(C)O[SiH2]C1CC2C=CC1C2. The van der Waals surface area contributed by atoms with Crippen LogP contribution in [-0.2, 0) is 4.12 Å². The Morgan fingerprint density at radius 1 is 1.43 bits per heavy atom. The number of rotatable bonds is 4. The van der Waals surface area contributed by atoms with Gasteiger partial charge in [-0.25, -0.2) is 0 Å². The first kappa shape index (κ1) is 10.4. The Kier molecular flexibility index (Phi) is 2.82. The molecular weight excluding hydrogens is 204 g/mol. The average molecular weight is 224 g/mol. The highest BCUT2D eigenvalue weighted by Gasteiger charge is 2.36. The van der Waals surface area contributed by atoms with E-state index in [9.17, 15) is 0 Å². The lowest BCUT2D eigenvalue weighted by molar-refractivity contribution is 0.551. The Balaban J connectivity index is 1.82. The minimum Gasteiger partial charge on any atom is -0.457 e. The van der Waals surface area contributed by atoms with E-state index in [0.29, 0.717) is 0 Å². The molecule has 0 saturated heterocycles. The summed E-state index contributed by atoms with van der Waals surface area (Å²) in [4.78, 5) is 0. The van der Waals surface area contributed by atoms with Crippen LogP contribution in [0.2, 0.25) is 18.6 Å². The maximum absolute atomic E-state index is 6.14. The number of fused-ring (bicyclic) bond motifs is 2. The van der Waals surface area contributed by atoms with E-state index in [2.05, 4.69) is 37.5 Å². The number of hydrogen-bond donors (Lipinski definition) is 0. The zero-order chi connectivity index (χ0) is 10.2. The fraction of sp³-hybridized carbons (Fsp3) is 0.636. The molecule has 0 N–H and O–H groups in total. The first-order valence-corrected chi connectivity index (χ1v) is 9.94. The van der Waals surface area contributed by atoms with Gasteiger partial charge < -0.3 is 4.12 Å². The quantitative estimate of drug-likeness (QED) is 0.526. The Hall–Kier alpha value is -0.126. The molecule has 2 aliphatic rings. The van der Waals surface area contributed by atoms with Gasteiger partial charge in [0.25, 0.3) is 0 Å². The van der Waals surface area contributed by atoms with E-state index in [1.807, 2.05) is 0 Å². The van der Waals surface area contributed by atoms with Crippen LogP contribution >= 0.6 is 0 Å². The first-order valence-electron chi connectivity index (χ1n) is 5.56. The molecule has 0 spiro atoms. The molecule has 0 heterocycles. The van der Waals surface area contributed by atoms with Crippen LogP contribution in [0.4, 0.5) is 0 Å². The zero-order valence-electron chi connectivity index (χ0n) is 9.20. The van der Waals surface area contributed by atoms with E-state index in [1.165, 1.54) is 12.8 Å². The second kappa shape index (κ2) is 3.79. The fourth-order valence-corrected chi connectivity index (χ4v) is 6.67. The van der Waals surface area contributed by atoms with E-state index < -0.39 is 8.32 Å². The molecule has 0 aromatic rings. The van der Waals surface area contributed by atoms with Crippen LogP contribution in [-0.4, -0.2) is 18.1 Å². The molecule has 0 aromatic carbocycles. The molecule has 2 rings (SSSR count). The van der Waals surface area contributed by atoms with Gasteiger partial charge in [0.15, 0.2) is 18.1 Å². The van der Waals surface area contributed by atoms with Gasteiger partial charge in [0.2, 0.25) is 0 Å². The molecule has 0 amide bonds. The van der Waals surface area contributed by atoms with Crippen molar-refractivity contribution in [3.63, 3.8) is 0 Å². The summed E-state index contributed by atoms with van der Waals surface area (Å²) in [5.41, 5.74) is 2.99. The molecule has 3 atom stereocenters. The van der Waals surface area contributed by atoms with Crippen LogP contribution in [0.3, 0.4) is 0 Å². The van der Waals surface area contributed by atoms with Crippen LogP contribution in [0, 0.1) is 11.8 Å². The lowest BCUT2D eigenvalue weighted by atomic mass is 10.1. The average Bonchev–Trinajstić information content (AvgIpc) is 2.76. The van der Waals surface area contributed by atoms with Gasteiger partial charge in [-0.15, -0.1) is 6.58 Å². The molecule has 78 valence electrons. The second-order valence-electron chi connectivity index (χ2n) is 5.16. The Morgan fingerprint density at radius 3 is 2.71 bits per heavy atom. The van der Waals surface area contributed by atoms with Gasteiger partial charge in [-0.1, -0.05) is 17.9 Å². The predicted molar refractivity (Wildman–Crippen MR) is 66.4 cm³/mol. The van der Waals surface area contributed by atoms with Crippen LogP contribution < -0.4 is 0 Å². The van der Waals surface area contributed by atoms with Crippen molar-refractivity contribution in [2.45, 2.75) is 31.5 Å². The minimum atomic E-state index is -1.47. The third kappa shape index (κ3) is 2.10. The summed E-state index contributed by atoms with van der Waals surface area (Å²) >= 11 is 0. The highest BCUT2D eigenvalue weighted by molar-refractivity contribution is 6.79. The van der Waals surface area contributed by atoms with Crippen LogP contribution in [0.1, 0.15) is 12.8 Å². The van der Waals surface area contributed by atoms with E-state index in [0.717, 1.165) is 17.4 Å². The van der Waals surface area contributed by atoms with Crippen molar-refractivity contribution >= 4 is 18.1 Å². The van der Waals surface area contributed by atoms with Crippen molar-refractivity contribution in [1.29, 1.82) is 0 Å². The molecule has 3 unspecified atom stereocenters. The molecule has 0 radical (unpaired) electrons. The molecule has 0 aliphatic heterocycles. The van der Waals surface area contributed by atoms with Gasteiger partial charge >= 0.3 is 0 Å². The summed E-state index contributed by atoms with van der Waals surface area (Å²) in [6, 6.07) is 0. The zero-order valence-corrected chi connectivity index (χ0v) is 11.6. The van der Waals surface area contributed by atoms with Crippen LogP contribution in [0.25, 0.3) is 0 Å². The first-order chi connectivity index (χ1) is 6.61. The maximum Gasteiger partial charge on any atom is 0.197 e. The lowest BCUT2D eigenvalue weighted by Crippen LogP contribution is -2.31. The van der Waals surface area contributed by atoms with Gasteiger partial charge in [0.05, 0.1) is 0 Å². The summed E-state index contributed by atoms with van der Waals surface area (Å²) in [7, 11) is -1.79. The summed E-state index contributed by atoms with van der Waals surface area (Å²) in [5, 5.41) is 0. The standard InChI is InChI=1S/C11H20OSi2/c1-4-14(2,3)12-13-11-8-9-5-6-10(11)7-9/h4-6,9-11H,1,7-8,13H2,2-3H3. The van der Waals surface area contributed by atoms with Gasteiger partial charge in [0.1, 0.15) is 0 Å². The molecule has 3 heteroatoms. The maximum atomic E-state index is 6.14. The van der Waals surface area contributed by atoms with E-state index in [1.54, 1.807) is 0 Å². The predicted octanol–water partition coefficient (Wildman–Crippen LogP) is 2.40. The largest absolute Gasteiger partial charge is 0.457 e. The number of allylic oxidation sites excluding steroid dienone is 2. The molecule has 1 fully saturated rings. The van der Waals surface area contributed by atoms with Crippen molar-refractivity contribution < 1.29 is 4.12 Å². The summed E-state index contributed by atoms with van der Waals surface area (Å²) < 4.78 is 6.14. The van der Waals surface area contributed by atoms with Crippen molar-refractivity contribution in [3.05, 3.63) is 24.4 Å². The van der Waals surface area contributed by atoms with E-state index in [-0.39, 0.29) is 9.76 Å². The van der Waals surface area contributed by atoms with E-state index >= 15 is 0 Å². The lowest BCUT2D eigenvalue weighted by Gasteiger charge is -2.24. The fourth-order valence-electron chi connectivity index (χ4n) is 2.47. The molecule has 1 nitrogen and oxygen atoms in total. The summed E-state index contributed by atoms with van der Waals surface area (Å²) in [5.74, 6) is 1.77. The Bertz CT molecular complexity index is 260. The van der Waals surface area contributed by atoms with Crippen molar-refractivity contribution in [2.75, 3.05) is 0 Å². The van der Waals surface area contributed by atoms with E-state index in [4.69, 9.17) is 4.12 Å². The molecule has 1 saturated carbocycles. The monoisotopic (exact) mass is 224 g/mol. The van der Waals surface area contributed by atoms with Crippen molar-refractivity contribution in [3.8, 4) is 0 Å². The number of hydrogen-bond acceptors (Lipinski definition) is 1. The van der Waals surface area contributed by atoms with Crippen molar-refractivity contribution in [2.24, 2.45) is 11.8 Å². The highest BCUT2D eigenvalue weighted by atomic mass is 28.4. The molecule has 2 bridgehead atoms. The third-order valence-electron chi connectivity index (χ3n) is 3.58. The molecular formula is C11H20OSi2. The molecule has 2 aliphatic carbocycles. The van der Waals surface area contributed by atoms with Gasteiger partial charge in [-0.2, -0.15) is 0 Å². The van der Waals surface area contributed by atoms with Gasteiger partial charge in [-0.05, 0) is 43.3 Å². The molecule has 14 heavy (non-hydrogen) atoms. The topological polar surface area (TPSA) is 9.23 Å². The Labute approximate surface area is 90.3 Å².